The number of rotatable bonds is 56. The minimum absolute atomic E-state index is 0.103. The molecule has 6 nitrogen and oxygen atoms in total. The van der Waals surface area contributed by atoms with Gasteiger partial charge >= 0.3 is 17.9 Å². The predicted octanol–water partition coefficient (Wildman–Crippen LogP) is 21.4. The molecule has 0 aromatic heterocycles. The lowest BCUT2D eigenvalue weighted by molar-refractivity contribution is -0.167. The topological polar surface area (TPSA) is 78.9 Å². The number of carbonyl (C=O) groups is 3. The third-order valence-electron chi connectivity index (χ3n) is 13.3. The van der Waals surface area contributed by atoms with Crippen molar-refractivity contribution in [1.29, 1.82) is 0 Å². The Morgan fingerprint density at radius 3 is 0.907 bits per heavy atom. The standard InChI is InChI=1S/C69H116O6/c1-4-7-10-13-16-19-22-25-28-30-32-34-35-36-38-39-41-44-47-50-53-56-59-62-68(71)74-65-66(64-73-67(70)61-58-55-52-49-46-43-27-24-21-18-15-12-9-6-3)75-69(72)63-60-57-54-51-48-45-42-40-37-33-31-29-26-23-20-17-14-11-8-5-2/h7,10,15-16,18-19,24-25,27-28,32,34,36,38,41,44,50,53,66H,4-6,8-9,11-14,17,20-23,26,29-31,33,35,37,39-40,42-43,45-49,51-52,54-65H2,1-3H3/b10-7-,18-15-,19-16-,27-24-,28-25-,34-32-,38-36-,44-41-,53-50-. The van der Waals surface area contributed by atoms with E-state index in [2.05, 4.69) is 130 Å². The molecule has 6 heteroatoms. The van der Waals surface area contributed by atoms with Crippen LogP contribution in [0.4, 0.5) is 0 Å². The molecule has 0 aliphatic carbocycles. The summed E-state index contributed by atoms with van der Waals surface area (Å²) in [5.74, 6) is -0.969. The second-order valence-corrected chi connectivity index (χ2v) is 20.6. The maximum Gasteiger partial charge on any atom is 0.306 e. The second kappa shape index (κ2) is 62.6. The van der Waals surface area contributed by atoms with E-state index in [0.29, 0.717) is 19.3 Å². The van der Waals surface area contributed by atoms with Gasteiger partial charge in [0.25, 0.3) is 0 Å². The second-order valence-electron chi connectivity index (χ2n) is 20.6. The van der Waals surface area contributed by atoms with Gasteiger partial charge in [-0.15, -0.1) is 0 Å². The first-order valence-corrected chi connectivity index (χ1v) is 31.4. The summed E-state index contributed by atoms with van der Waals surface area (Å²) in [5.41, 5.74) is 0. The lowest BCUT2D eigenvalue weighted by atomic mass is 10.0. The van der Waals surface area contributed by atoms with Gasteiger partial charge in [-0.1, -0.05) is 284 Å². The Balaban J connectivity index is 4.46. The van der Waals surface area contributed by atoms with E-state index in [1.165, 1.54) is 128 Å². The molecule has 0 saturated carbocycles. The first kappa shape index (κ1) is 71.1. The van der Waals surface area contributed by atoms with E-state index < -0.39 is 6.10 Å². The number of hydrogen-bond acceptors (Lipinski definition) is 6. The van der Waals surface area contributed by atoms with Gasteiger partial charge in [-0.05, 0) is 96.3 Å². The molecule has 0 bridgehead atoms. The third kappa shape index (κ3) is 60.8. The molecule has 0 amide bonds. The summed E-state index contributed by atoms with van der Waals surface area (Å²) in [6.45, 7) is 6.45. The Morgan fingerprint density at radius 1 is 0.280 bits per heavy atom. The quantitative estimate of drug-likeness (QED) is 0.0261. The molecule has 0 rings (SSSR count). The Labute approximate surface area is 463 Å². The number of carbonyl (C=O) groups excluding carboxylic acids is 3. The van der Waals surface area contributed by atoms with Crippen molar-refractivity contribution < 1.29 is 28.6 Å². The smallest absolute Gasteiger partial charge is 0.306 e. The highest BCUT2D eigenvalue weighted by Gasteiger charge is 2.19. The molecule has 1 atom stereocenters. The maximum absolute atomic E-state index is 12.9. The van der Waals surface area contributed by atoms with E-state index in [1.54, 1.807) is 0 Å². The fourth-order valence-electron chi connectivity index (χ4n) is 8.57. The highest BCUT2D eigenvalue weighted by molar-refractivity contribution is 5.71. The monoisotopic (exact) mass is 1040 g/mol. The van der Waals surface area contributed by atoms with E-state index >= 15 is 0 Å². The summed E-state index contributed by atoms with van der Waals surface area (Å²) in [6.07, 6.45) is 85.2. The van der Waals surface area contributed by atoms with Gasteiger partial charge in [0.1, 0.15) is 13.2 Å². The van der Waals surface area contributed by atoms with Gasteiger partial charge in [0.05, 0.1) is 0 Å². The number of hydrogen-bond donors (Lipinski definition) is 0. The van der Waals surface area contributed by atoms with Gasteiger partial charge in [-0.2, -0.15) is 0 Å². The molecule has 0 aliphatic rings. The maximum atomic E-state index is 12.9. The normalized spacial score (nSPS) is 12.8. The van der Waals surface area contributed by atoms with Crippen molar-refractivity contribution in [1.82, 2.24) is 0 Å². The number of unbranched alkanes of at least 4 members (excludes halogenated alkanes) is 27. The van der Waals surface area contributed by atoms with Crippen molar-refractivity contribution in [3.63, 3.8) is 0 Å². The van der Waals surface area contributed by atoms with Crippen LogP contribution in [-0.4, -0.2) is 37.2 Å². The summed E-state index contributed by atoms with van der Waals surface area (Å²) >= 11 is 0. The van der Waals surface area contributed by atoms with Crippen molar-refractivity contribution >= 4 is 17.9 Å². The van der Waals surface area contributed by atoms with Crippen molar-refractivity contribution in [2.24, 2.45) is 0 Å². The lowest BCUT2D eigenvalue weighted by Crippen LogP contribution is -2.30. The minimum Gasteiger partial charge on any atom is -0.462 e. The van der Waals surface area contributed by atoms with E-state index in [-0.39, 0.29) is 37.5 Å². The number of ether oxygens (including phenoxy) is 3. The molecule has 0 saturated heterocycles. The molecular formula is C69H116O6. The van der Waals surface area contributed by atoms with Crippen LogP contribution >= 0.6 is 0 Å². The van der Waals surface area contributed by atoms with Crippen molar-refractivity contribution in [3.05, 3.63) is 109 Å². The summed E-state index contributed by atoms with van der Waals surface area (Å²) in [4.78, 5) is 38.3. The Bertz CT molecular complexity index is 1520. The van der Waals surface area contributed by atoms with Gasteiger partial charge in [0, 0.05) is 19.3 Å². The van der Waals surface area contributed by atoms with Crippen LogP contribution in [0.3, 0.4) is 0 Å². The average Bonchev–Trinajstić information content (AvgIpc) is 3.41. The van der Waals surface area contributed by atoms with Crippen LogP contribution in [0.1, 0.15) is 290 Å². The highest BCUT2D eigenvalue weighted by Crippen LogP contribution is 2.16. The lowest BCUT2D eigenvalue weighted by Gasteiger charge is -2.18. The van der Waals surface area contributed by atoms with Crippen molar-refractivity contribution in [2.75, 3.05) is 13.2 Å². The molecular weight excluding hydrogens is 925 g/mol. The molecule has 1 unspecified atom stereocenters. The highest BCUT2D eigenvalue weighted by atomic mass is 16.6. The van der Waals surface area contributed by atoms with Gasteiger partial charge in [0.2, 0.25) is 0 Å². The molecule has 0 fully saturated rings. The SMILES string of the molecule is CC/C=C\C/C=C\C/C=C\C/C=C\C/C=C\C/C=C\C/C=C\CCCC(=O)OCC(COC(=O)CCCCCCC/C=C\C/C=C\CCCC)OC(=O)CCCCCCCCCCCCCCCCCCCCCC. The molecule has 428 valence electrons. The van der Waals surface area contributed by atoms with Crippen molar-refractivity contribution in [2.45, 2.75) is 297 Å². The molecule has 0 aliphatic heterocycles. The van der Waals surface area contributed by atoms with E-state index in [1.807, 2.05) is 0 Å². The van der Waals surface area contributed by atoms with Crippen LogP contribution in [0, 0.1) is 0 Å². The first-order valence-electron chi connectivity index (χ1n) is 31.4. The van der Waals surface area contributed by atoms with E-state index in [9.17, 15) is 14.4 Å². The average molecular weight is 1040 g/mol. The molecule has 0 radical (unpaired) electrons. The number of allylic oxidation sites excluding steroid dienone is 18. The van der Waals surface area contributed by atoms with Crippen LogP contribution in [0.15, 0.2) is 109 Å². The largest absolute Gasteiger partial charge is 0.462 e. The summed E-state index contributed by atoms with van der Waals surface area (Å²) < 4.78 is 16.9. The van der Waals surface area contributed by atoms with E-state index in [4.69, 9.17) is 14.2 Å². The third-order valence-corrected chi connectivity index (χ3v) is 13.3. The molecule has 75 heavy (non-hydrogen) atoms. The molecule has 0 aromatic carbocycles. The van der Waals surface area contributed by atoms with Crippen LogP contribution in [0.5, 0.6) is 0 Å². The Hall–Kier alpha value is -3.93. The van der Waals surface area contributed by atoms with Gasteiger partial charge in [0.15, 0.2) is 6.10 Å². The van der Waals surface area contributed by atoms with Gasteiger partial charge in [-0.25, -0.2) is 0 Å². The number of esters is 3. The van der Waals surface area contributed by atoms with Crippen LogP contribution in [0.25, 0.3) is 0 Å². The zero-order chi connectivity index (χ0) is 54.3. The summed E-state index contributed by atoms with van der Waals surface area (Å²) in [6, 6.07) is 0. The fraction of sp³-hybridized carbons (Fsp3) is 0.696. The Kier molecular flexibility index (Phi) is 59.3. The molecule has 0 N–H and O–H groups in total. The van der Waals surface area contributed by atoms with Gasteiger partial charge < -0.3 is 14.2 Å². The zero-order valence-corrected chi connectivity index (χ0v) is 49.0. The molecule has 0 aromatic rings. The summed E-state index contributed by atoms with van der Waals surface area (Å²) in [5, 5.41) is 0. The van der Waals surface area contributed by atoms with Crippen molar-refractivity contribution in [3.8, 4) is 0 Å². The van der Waals surface area contributed by atoms with Crippen LogP contribution in [-0.2, 0) is 28.6 Å². The molecule has 0 spiro atoms. The predicted molar refractivity (Wildman–Crippen MR) is 325 cm³/mol. The van der Waals surface area contributed by atoms with Gasteiger partial charge in [-0.3, -0.25) is 14.4 Å². The summed E-state index contributed by atoms with van der Waals surface area (Å²) in [7, 11) is 0. The zero-order valence-electron chi connectivity index (χ0n) is 49.0. The Morgan fingerprint density at radius 2 is 0.547 bits per heavy atom. The van der Waals surface area contributed by atoms with E-state index in [0.717, 1.165) is 116 Å². The minimum atomic E-state index is -0.809. The van der Waals surface area contributed by atoms with Crippen LogP contribution < -0.4 is 0 Å². The molecule has 0 heterocycles. The fourth-order valence-corrected chi connectivity index (χ4v) is 8.57. The van der Waals surface area contributed by atoms with Crippen LogP contribution in [0.2, 0.25) is 0 Å². The first-order chi connectivity index (χ1) is 37.0.